The van der Waals surface area contributed by atoms with Gasteiger partial charge in [0, 0.05) is 0 Å². The van der Waals surface area contributed by atoms with Crippen LogP contribution in [0, 0.1) is 0 Å². The van der Waals surface area contributed by atoms with Crippen LogP contribution in [0.15, 0.2) is 84.9 Å². The predicted molar refractivity (Wildman–Crippen MR) is 131 cm³/mol. The second kappa shape index (κ2) is 11.6. The number of hydrogen-bond acceptors (Lipinski definition) is 2. The summed E-state index contributed by atoms with van der Waals surface area (Å²) in [6.45, 7) is 8.53. The molecule has 0 N–H and O–H groups in total. The van der Waals surface area contributed by atoms with Crippen molar-refractivity contribution in [3.8, 4) is 0 Å². The molecule has 0 unspecified atom stereocenters. The zero-order valence-electron chi connectivity index (χ0n) is 17.4. The second-order valence-corrected chi connectivity index (χ2v) is 14.3. The molecule has 3 aromatic carbocycles. The van der Waals surface area contributed by atoms with E-state index in [1.807, 2.05) is 0 Å². The van der Waals surface area contributed by atoms with E-state index in [4.69, 9.17) is 9.16 Å². The van der Waals surface area contributed by atoms with Crippen LogP contribution in [0.3, 0.4) is 0 Å². The van der Waals surface area contributed by atoms with Gasteiger partial charge >= 0.3 is 0 Å². The van der Waals surface area contributed by atoms with Gasteiger partial charge in [0.2, 0.25) is 0 Å². The van der Waals surface area contributed by atoms with Crippen molar-refractivity contribution in [2.75, 3.05) is 13.2 Å². The quantitative estimate of drug-likeness (QED) is 0.255. The van der Waals surface area contributed by atoms with E-state index in [9.17, 15) is 0 Å². The highest BCUT2D eigenvalue weighted by Gasteiger charge is 2.19. The molecule has 0 heterocycles. The van der Waals surface area contributed by atoms with Gasteiger partial charge in [-0.15, -0.1) is 12.4 Å². The Labute approximate surface area is 183 Å². The van der Waals surface area contributed by atoms with E-state index >= 15 is 0 Å². The molecule has 3 aromatic rings. The fourth-order valence-electron chi connectivity index (χ4n) is 3.02. The van der Waals surface area contributed by atoms with Crippen LogP contribution in [0.25, 0.3) is 0 Å². The molecule has 0 fully saturated rings. The highest BCUT2D eigenvalue weighted by Crippen LogP contribution is 2.34. The fraction of sp³-hybridized carbons (Fsp3) is 0.250. The summed E-state index contributed by atoms with van der Waals surface area (Å²) in [7, 11) is -2.09. The third-order valence-corrected chi connectivity index (χ3v) is 7.90. The molecule has 0 aliphatic carbocycles. The van der Waals surface area contributed by atoms with E-state index in [2.05, 4.69) is 105 Å². The molecule has 0 amide bonds. The maximum absolute atomic E-state index is 5.99. The lowest BCUT2D eigenvalue weighted by atomic mass is 10.2. The summed E-state index contributed by atoms with van der Waals surface area (Å²) >= 11 is 0. The molecule has 29 heavy (non-hydrogen) atoms. The van der Waals surface area contributed by atoms with Crippen molar-refractivity contribution in [2.45, 2.75) is 26.2 Å². The van der Waals surface area contributed by atoms with E-state index < -0.39 is 16.2 Å². The summed E-state index contributed by atoms with van der Waals surface area (Å²) in [5, 5.41) is 4.08. The molecule has 0 aromatic heterocycles. The molecular formula is C24H30ClO2PSi. The lowest BCUT2D eigenvalue weighted by Gasteiger charge is -2.22. The van der Waals surface area contributed by atoms with Gasteiger partial charge in [0.05, 0.1) is 19.8 Å². The zero-order chi connectivity index (χ0) is 19.8. The Hall–Kier alpha value is -1.48. The van der Waals surface area contributed by atoms with Crippen molar-refractivity contribution in [2.24, 2.45) is 0 Å². The van der Waals surface area contributed by atoms with E-state index in [1.165, 1.54) is 21.5 Å². The summed E-state index contributed by atoms with van der Waals surface area (Å²) in [6.07, 6.45) is 0. The molecule has 0 bridgehead atoms. The van der Waals surface area contributed by atoms with E-state index in [0.29, 0.717) is 19.8 Å². The fourth-order valence-corrected chi connectivity index (χ4v) is 6.17. The van der Waals surface area contributed by atoms with Gasteiger partial charge in [-0.3, -0.25) is 0 Å². The van der Waals surface area contributed by atoms with Crippen LogP contribution < -0.4 is 15.9 Å². The van der Waals surface area contributed by atoms with Gasteiger partial charge in [-0.2, -0.15) is 0 Å². The van der Waals surface area contributed by atoms with E-state index in [1.54, 1.807) is 0 Å². The summed E-state index contributed by atoms with van der Waals surface area (Å²) in [4.78, 5) is 0. The number of hydrogen-bond donors (Lipinski definition) is 0. The Morgan fingerprint density at radius 1 is 0.690 bits per heavy atom. The first-order chi connectivity index (χ1) is 13.5. The smallest absolute Gasteiger partial charge is 0.183 e. The zero-order valence-corrected chi connectivity index (χ0v) is 20.1. The van der Waals surface area contributed by atoms with Crippen LogP contribution in [0.1, 0.15) is 5.56 Å². The Balaban J connectivity index is 0.00000300. The second-order valence-electron chi connectivity index (χ2n) is 7.65. The van der Waals surface area contributed by atoms with Crippen molar-refractivity contribution < 1.29 is 9.16 Å². The lowest BCUT2D eigenvalue weighted by Crippen LogP contribution is -2.27. The normalized spacial score (nSPS) is 11.3. The van der Waals surface area contributed by atoms with Crippen molar-refractivity contribution >= 4 is 44.6 Å². The highest BCUT2D eigenvalue weighted by atomic mass is 35.5. The number of benzene rings is 3. The van der Waals surface area contributed by atoms with Gasteiger partial charge in [-0.05, 0) is 49.0 Å². The Bertz CT molecular complexity index is 814. The monoisotopic (exact) mass is 444 g/mol. The molecule has 0 aliphatic heterocycles. The van der Waals surface area contributed by atoms with Crippen LogP contribution in [-0.4, -0.2) is 21.5 Å². The average Bonchev–Trinajstić information content (AvgIpc) is 2.70. The topological polar surface area (TPSA) is 18.5 Å². The molecule has 0 spiro atoms. The summed E-state index contributed by atoms with van der Waals surface area (Å²) in [5.41, 5.74) is 1.26. The minimum absolute atomic E-state index is 0. The van der Waals surface area contributed by atoms with Gasteiger partial charge in [-0.1, -0.05) is 84.9 Å². The first-order valence-corrected chi connectivity index (χ1v) is 14.5. The Morgan fingerprint density at radius 2 is 1.21 bits per heavy atom. The maximum Gasteiger partial charge on any atom is 0.183 e. The molecule has 0 aliphatic rings. The Kier molecular flexibility index (Phi) is 9.55. The first kappa shape index (κ1) is 23.8. The molecule has 0 saturated heterocycles. The largest absolute Gasteiger partial charge is 0.415 e. The number of halogens is 1. The number of rotatable bonds is 9. The van der Waals surface area contributed by atoms with E-state index in [-0.39, 0.29) is 12.4 Å². The SMILES string of the molecule is C[Si](C)(C)OCCOCc1ccccc1P(c1ccccc1)c1ccccc1.Cl. The van der Waals surface area contributed by atoms with Crippen molar-refractivity contribution in [1.29, 1.82) is 0 Å². The maximum atomic E-state index is 5.99. The van der Waals surface area contributed by atoms with E-state index in [0.717, 1.165) is 0 Å². The average molecular weight is 445 g/mol. The van der Waals surface area contributed by atoms with Crippen molar-refractivity contribution in [3.63, 3.8) is 0 Å². The molecule has 2 nitrogen and oxygen atoms in total. The van der Waals surface area contributed by atoms with Gasteiger partial charge in [-0.25, -0.2) is 0 Å². The van der Waals surface area contributed by atoms with Crippen LogP contribution in [0.4, 0.5) is 0 Å². The van der Waals surface area contributed by atoms with Gasteiger partial charge < -0.3 is 9.16 Å². The van der Waals surface area contributed by atoms with Crippen molar-refractivity contribution in [1.82, 2.24) is 0 Å². The molecule has 0 radical (unpaired) electrons. The number of ether oxygens (including phenoxy) is 1. The van der Waals surface area contributed by atoms with Gasteiger partial charge in [0.25, 0.3) is 0 Å². The van der Waals surface area contributed by atoms with Gasteiger partial charge in [0.1, 0.15) is 0 Å². The Morgan fingerprint density at radius 3 is 1.76 bits per heavy atom. The lowest BCUT2D eigenvalue weighted by molar-refractivity contribution is 0.0873. The highest BCUT2D eigenvalue weighted by molar-refractivity contribution is 7.79. The van der Waals surface area contributed by atoms with Crippen LogP contribution in [0.5, 0.6) is 0 Å². The summed E-state index contributed by atoms with van der Waals surface area (Å²) < 4.78 is 11.9. The standard InChI is InChI=1S/C24H29O2PSi.ClH/c1-28(2,3)26-19-18-25-20-21-12-10-11-17-24(21)27(22-13-6-4-7-14-22)23-15-8-5-9-16-23;/h4-17H,18-20H2,1-3H3;1H. The first-order valence-electron chi connectivity index (χ1n) is 9.74. The molecule has 0 saturated carbocycles. The predicted octanol–water partition coefficient (Wildman–Crippen LogP) is 5.23. The molecule has 0 atom stereocenters. The van der Waals surface area contributed by atoms with Crippen molar-refractivity contribution in [3.05, 3.63) is 90.5 Å². The molecular weight excluding hydrogens is 415 g/mol. The van der Waals surface area contributed by atoms with Crippen LogP contribution in [0.2, 0.25) is 19.6 Å². The summed E-state index contributed by atoms with van der Waals surface area (Å²) in [5.74, 6) is 0. The van der Waals surface area contributed by atoms with Crippen LogP contribution >= 0.6 is 20.3 Å². The minimum Gasteiger partial charge on any atom is -0.415 e. The van der Waals surface area contributed by atoms with Gasteiger partial charge in [0.15, 0.2) is 8.32 Å². The van der Waals surface area contributed by atoms with Crippen LogP contribution in [-0.2, 0) is 15.8 Å². The minimum atomic E-state index is -1.48. The third-order valence-electron chi connectivity index (χ3n) is 4.28. The third kappa shape index (κ3) is 7.37. The molecule has 5 heteroatoms. The summed E-state index contributed by atoms with van der Waals surface area (Å²) in [6, 6.07) is 30.3. The molecule has 3 rings (SSSR count). The molecule has 154 valence electrons.